The highest BCUT2D eigenvalue weighted by Crippen LogP contribution is 2.34. The van der Waals surface area contributed by atoms with E-state index in [9.17, 15) is 18.0 Å². The Hall–Kier alpha value is -3.69. The van der Waals surface area contributed by atoms with Gasteiger partial charge in [-0.3, -0.25) is 4.79 Å². The molecule has 0 saturated carbocycles. The lowest BCUT2D eigenvalue weighted by molar-refractivity contribution is -0.137. The van der Waals surface area contributed by atoms with Gasteiger partial charge in [-0.05, 0) is 66.1 Å². The molecule has 1 aromatic heterocycles. The molecule has 1 atom stereocenters. The second-order valence-corrected chi connectivity index (χ2v) is 17.0. The van der Waals surface area contributed by atoms with Gasteiger partial charge in [0.25, 0.3) is 5.91 Å². The third kappa shape index (κ3) is 6.37. The molecule has 5 rings (SSSR count). The van der Waals surface area contributed by atoms with Gasteiger partial charge >= 0.3 is 6.18 Å². The Morgan fingerprint density at radius 2 is 1.85 bits per heavy atom. The molecule has 40 heavy (non-hydrogen) atoms. The summed E-state index contributed by atoms with van der Waals surface area (Å²) in [5.74, 6) is -0.0476. The van der Waals surface area contributed by atoms with Crippen LogP contribution in [0.3, 0.4) is 0 Å². The largest absolute Gasteiger partial charge is 0.416 e. The zero-order valence-electron chi connectivity index (χ0n) is 22.8. The maximum atomic E-state index is 12.9. The number of benzene rings is 2. The van der Waals surface area contributed by atoms with Crippen LogP contribution < -0.4 is 5.32 Å². The van der Waals surface area contributed by atoms with Crippen molar-refractivity contribution in [2.75, 3.05) is 6.61 Å². The van der Waals surface area contributed by atoms with Gasteiger partial charge in [0, 0.05) is 37.3 Å². The first-order chi connectivity index (χ1) is 19.0. The van der Waals surface area contributed by atoms with Gasteiger partial charge in [0.2, 0.25) is 0 Å². The Labute approximate surface area is 232 Å². The molecule has 0 spiro atoms. The molecule has 2 aliphatic rings. The Balaban J connectivity index is 1.45. The second kappa shape index (κ2) is 11.1. The highest BCUT2D eigenvalue weighted by atomic mass is 28.3. The van der Waals surface area contributed by atoms with E-state index in [2.05, 4.69) is 31.0 Å². The van der Waals surface area contributed by atoms with E-state index in [1.54, 1.807) is 16.8 Å². The van der Waals surface area contributed by atoms with E-state index in [0.29, 0.717) is 17.9 Å². The smallest absolute Gasteiger partial charge is 0.360 e. The van der Waals surface area contributed by atoms with Crippen molar-refractivity contribution in [3.8, 4) is 0 Å². The van der Waals surface area contributed by atoms with Crippen LogP contribution in [-0.4, -0.2) is 30.4 Å². The zero-order valence-corrected chi connectivity index (χ0v) is 23.8. The molecule has 0 bridgehead atoms. The summed E-state index contributed by atoms with van der Waals surface area (Å²) in [6, 6.07) is 12.0. The number of ether oxygens (including phenoxy) is 1. The number of alkyl halides is 3. The lowest BCUT2D eigenvalue weighted by Gasteiger charge is -2.15. The molecule has 208 valence electrons. The number of rotatable bonds is 8. The van der Waals surface area contributed by atoms with Gasteiger partial charge in [0.15, 0.2) is 0 Å². The van der Waals surface area contributed by atoms with Crippen LogP contribution >= 0.6 is 0 Å². The molecule has 2 heterocycles. The molecule has 2 aromatic carbocycles. The molecule has 1 aliphatic heterocycles. The number of allylic oxidation sites excluding steroid dienone is 4. The Morgan fingerprint density at radius 3 is 2.58 bits per heavy atom. The van der Waals surface area contributed by atoms with E-state index in [-0.39, 0.29) is 18.6 Å². The number of fused-ring (bicyclic) bond motifs is 2. The quantitative estimate of drug-likeness (QED) is 0.175. The summed E-state index contributed by atoms with van der Waals surface area (Å²) in [4.78, 5) is 12.7. The van der Waals surface area contributed by atoms with Crippen molar-refractivity contribution in [3.05, 3.63) is 94.3 Å². The Bertz CT molecular complexity index is 1540. The van der Waals surface area contributed by atoms with Crippen LogP contribution in [0, 0.1) is 5.92 Å². The minimum atomic E-state index is -4.37. The predicted molar refractivity (Wildman–Crippen MR) is 156 cm³/mol. The third-order valence-electron chi connectivity index (χ3n) is 7.06. The van der Waals surface area contributed by atoms with E-state index in [0.717, 1.165) is 52.3 Å². The number of nitrogens with zero attached hydrogens (tertiary/aromatic N) is 2. The molecule has 1 aliphatic carbocycles. The maximum absolute atomic E-state index is 12.9. The third-order valence-corrected chi connectivity index (χ3v) is 8.77. The lowest BCUT2D eigenvalue weighted by atomic mass is 9.91. The van der Waals surface area contributed by atoms with E-state index in [1.807, 2.05) is 36.4 Å². The van der Waals surface area contributed by atoms with Crippen molar-refractivity contribution >= 4 is 43.1 Å². The normalized spacial score (nSPS) is 18.6. The van der Waals surface area contributed by atoms with E-state index in [1.165, 1.54) is 12.1 Å². The highest BCUT2D eigenvalue weighted by molar-refractivity contribution is 6.76. The Kier molecular flexibility index (Phi) is 7.70. The van der Waals surface area contributed by atoms with Gasteiger partial charge in [0.05, 0.1) is 16.8 Å². The van der Waals surface area contributed by atoms with Crippen molar-refractivity contribution in [1.82, 2.24) is 15.1 Å². The molecule has 3 aromatic rings. The van der Waals surface area contributed by atoms with Gasteiger partial charge in [-0.2, -0.15) is 18.3 Å². The molecule has 5 nitrogen and oxygen atoms in total. The summed E-state index contributed by atoms with van der Waals surface area (Å²) >= 11 is 0. The SMILES string of the molecule is C[Si](C)(C)CCOCn1nc(C=Cc2ccc(C(F)(F)F)cc2)c2ccc(/C=C3/C(=O)NC4=CC=CCC43)cc21. The summed E-state index contributed by atoms with van der Waals surface area (Å²) < 4.78 is 46.6. The molecule has 9 heteroatoms. The predicted octanol–water partition coefficient (Wildman–Crippen LogP) is 7.51. The molecular formula is C31H32F3N3O2Si. The van der Waals surface area contributed by atoms with Crippen LogP contribution in [0.15, 0.2) is 72.0 Å². The minimum absolute atomic E-state index is 0.0326. The number of hydrogen-bond donors (Lipinski definition) is 1. The molecule has 1 N–H and O–H groups in total. The minimum Gasteiger partial charge on any atom is -0.360 e. The van der Waals surface area contributed by atoms with E-state index < -0.39 is 19.8 Å². The van der Waals surface area contributed by atoms with Crippen LogP contribution in [-0.2, 0) is 22.4 Å². The lowest BCUT2D eigenvalue weighted by Crippen LogP contribution is -2.22. The Morgan fingerprint density at radius 1 is 1.10 bits per heavy atom. The van der Waals surface area contributed by atoms with Gasteiger partial charge in [0.1, 0.15) is 6.73 Å². The fourth-order valence-corrected chi connectivity index (χ4v) is 5.53. The standard InChI is InChI=1S/C31H32F3N3O2Si/c1-40(2,3)17-16-39-20-37-29-19-22(18-26-24-6-4-5-7-27(24)35-30(26)38)10-14-25(29)28(36-37)15-11-21-8-12-23(13-9-21)31(32,33)34/h4-5,7-15,18-19,24H,6,16-17,20H2,1-3H3,(H,35,38)/b15-11?,26-18+. The zero-order chi connectivity index (χ0) is 28.5. The second-order valence-electron chi connectivity index (χ2n) is 11.4. The number of amides is 1. The van der Waals surface area contributed by atoms with Crippen molar-refractivity contribution in [3.63, 3.8) is 0 Å². The topological polar surface area (TPSA) is 56.2 Å². The number of halogens is 3. The molecule has 1 saturated heterocycles. The molecule has 1 unspecified atom stereocenters. The number of aromatic nitrogens is 2. The first-order valence-corrected chi connectivity index (χ1v) is 17.0. The summed E-state index contributed by atoms with van der Waals surface area (Å²) in [6.07, 6.45) is 7.86. The molecule has 1 fully saturated rings. The number of nitrogens with one attached hydrogen (secondary N) is 1. The van der Waals surface area contributed by atoms with Crippen LogP contribution in [0.1, 0.15) is 28.8 Å². The van der Waals surface area contributed by atoms with Crippen molar-refractivity contribution < 1.29 is 22.7 Å². The monoisotopic (exact) mass is 563 g/mol. The van der Waals surface area contributed by atoms with Crippen LogP contribution in [0.2, 0.25) is 25.7 Å². The summed E-state index contributed by atoms with van der Waals surface area (Å²) in [7, 11) is -1.25. The first kappa shape index (κ1) is 27.9. The maximum Gasteiger partial charge on any atom is 0.416 e. The number of carbonyl (C=O) groups is 1. The van der Waals surface area contributed by atoms with Crippen molar-refractivity contribution in [1.29, 1.82) is 0 Å². The fourth-order valence-electron chi connectivity index (χ4n) is 4.78. The van der Waals surface area contributed by atoms with E-state index >= 15 is 0 Å². The molecular weight excluding hydrogens is 531 g/mol. The number of carbonyl (C=O) groups excluding carboxylic acids is 1. The van der Waals surface area contributed by atoms with Crippen LogP contribution in [0.4, 0.5) is 13.2 Å². The van der Waals surface area contributed by atoms with Crippen LogP contribution in [0.25, 0.3) is 29.1 Å². The first-order valence-electron chi connectivity index (χ1n) is 13.3. The molecule has 0 radical (unpaired) electrons. The van der Waals surface area contributed by atoms with Crippen molar-refractivity contribution in [2.45, 2.75) is 45.0 Å². The number of hydrogen-bond acceptors (Lipinski definition) is 3. The van der Waals surface area contributed by atoms with Gasteiger partial charge in [-0.15, -0.1) is 0 Å². The summed E-state index contributed by atoms with van der Waals surface area (Å²) in [6.45, 7) is 7.81. The fraction of sp³-hybridized carbons (Fsp3) is 0.290. The van der Waals surface area contributed by atoms with Crippen molar-refractivity contribution in [2.24, 2.45) is 5.92 Å². The highest BCUT2D eigenvalue weighted by Gasteiger charge is 2.33. The van der Waals surface area contributed by atoms with Gasteiger partial charge < -0.3 is 10.1 Å². The van der Waals surface area contributed by atoms with Crippen LogP contribution in [0.5, 0.6) is 0 Å². The average Bonchev–Trinajstić information content (AvgIpc) is 3.41. The summed E-state index contributed by atoms with van der Waals surface area (Å²) in [5, 5.41) is 8.62. The van der Waals surface area contributed by atoms with E-state index in [4.69, 9.17) is 9.84 Å². The average molecular weight is 564 g/mol. The van der Waals surface area contributed by atoms with Gasteiger partial charge in [-0.25, -0.2) is 4.68 Å². The summed E-state index contributed by atoms with van der Waals surface area (Å²) in [5.41, 5.74) is 4.04. The molecule has 1 amide bonds. The van der Waals surface area contributed by atoms with Gasteiger partial charge in [-0.1, -0.05) is 56.1 Å².